The molecule has 136 valence electrons. The number of rotatable bonds is 2. The summed E-state index contributed by atoms with van der Waals surface area (Å²) in [5, 5.41) is 7.04. The third kappa shape index (κ3) is 2.78. The normalized spacial score (nSPS) is 23.1. The Balaban J connectivity index is 1.64. The van der Waals surface area contributed by atoms with Gasteiger partial charge in [0.15, 0.2) is 6.10 Å². The third-order valence-electron chi connectivity index (χ3n) is 5.35. The molecule has 2 amide bonds. The lowest BCUT2D eigenvalue weighted by molar-refractivity contribution is -0.168. The van der Waals surface area contributed by atoms with Crippen LogP contribution in [0.5, 0.6) is 0 Å². The molecule has 1 fully saturated rings. The summed E-state index contributed by atoms with van der Waals surface area (Å²) in [6.45, 7) is 3.05. The van der Waals surface area contributed by atoms with Crippen LogP contribution in [0.3, 0.4) is 0 Å². The van der Waals surface area contributed by atoms with E-state index in [9.17, 15) is 9.59 Å². The third-order valence-corrected chi connectivity index (χ3v) is 5.35. The number of benzene rings is 1. The zero-order chi connectivity index (χ0) is 18.3. The Bertz CT molecular complexity index is 847. The fourth-order valence-corrected chi connectivity index (χ4v) is 3.80. The van der Waals surface area contributed by atoms with Gasteiger partial charge in [0, 0.05) is 37.8 Å². The van der Waals surface area contributed by atoms with Gasteiger partial charge in [-0.15, -0.1) is 0 Å². The van der Waals surface area contributed by atoms with Gasteiger partial charge in [0.25, 0.3) is 5.91 Å². The fraction of sp³-hybridized carbons (Fsp3) is 0.421. The highest BCUT2D eigenvalue weighted by molar-refractivity contribution is 5.86. The van der Waals surface area contributed by atoms with Crippen molar-refractivity contribution >= 4 is 11.8 Å². The minimum absolute atomic E-state index is 0.0694. The van der Waals surface area contributed by atoms with E-state index < -0.39 is 12.1 Å². The number of morpholine rings is 1. The zero-order valence-electron chi connectivity index (χ0n) is 14.9. The molecular weight excluding hydrogens is 332 g/mol. The number of fused-ring (bicyclic) bond motifs is 1. The van der Waals surface area contributed by atoms with E-state index in [2.05, 4.69) is 10.2 Å². The highest BCUT2D eigenvalue weighted by Crippen LogP contribution is 2.32. The molecule has 0 aliphatic carbocycles. The fourth-order valence-electron chi connectivity index (χ4n) is 3.80. The Morgan fingerprint density at radius 1 is 1.35 bits per heavy atom. The summed E-state index contributed by atoms with van der Waals surface area (Å²) in [4.78, 5) is 28.9. The Morgan fingerprint density at radius 2 is 2.15 bits per heavy atom. The predicted molar refractivity (Wildman–Crippen MR) is 94.1 cm³/mol. The van der Waals surface area contributed by atoms with Crippen molar-refractivity contribution in [1.82, 2.24) is 20.0 Å². The first-order valence-corrected chi connectivity index (χ1v) is 8.79. The molecule has 1 N–H and O–H groups in total. The van der Waals surface area contributed by atoms with Gasteiger partial charge in [-0.05, 0) is 18.1 Å². The van der Waals surface area contributed by atoms with Crippen LogP contribution in [0.4, 0.5) is 0 Å². The molecule has 1 aromatic heterocycles. The van der Waals surface area contributed by atoms with Crippen molar-refractivity contribution < 1.29 is 14.3 Å². The van der Waals surface area contributed by atoms with Crippen LogP contribution < -0.4 is 0 Å². The molecule has 3 heterocycles. The number of hydrogen-bond acceptors (Lipinski definition) is 4. The van der Waals surface area contributed by atoms with E-state index in [1.165, 1.54) is 0 Å². The first-order valence-electron chi connectivity index (χ1n) is 8.79. The van der Waals surface area contributed by atoms with Crippen LogP contribution in [0.25, 0.3) is 0 Å². The lowest BCUT2D eigenvalue weighted by Gasteiger charge is -2.41. The molecule has 1 saturated heterocycles. The lowest BCUT2D eigenvalue weighted by Crippen LogP contribution is -2.54. The number of ether oxygens (including phenoxy) is 1. The number of H-pyrrole nitrogens is 1. The van der Waals surface area contributed by atoms with Crippen molar-refractivity contribution in [3.05, 3.63) is 52.8 Å². The first-order chi connectivity index (χ1) is 12.6. The van der Waals surface area contributed by atoms with E-state index >= 15 is 0 Å². The Kier molecular flexibility index (Phi) is 4.24. The Labute approximate surface area is 151 Å². The predicted octanol–water partition coefficient (Wildman–Crippen LogP) is 1.20. The number of aromatic nitrogens is 2. The van der Waals surface area contributed by atoms with Gasteiger partial charge in [0.1, 0.15) is 6.61 Å². The average Bonchev–Trinajstić information content (AvgIpc) is 3.12. The summed E-state index contributed by atoms with van der Waals surface area (Å²) in [5.41, 5.74) is 4.11. The molecule has 0 radical (unpaired) electrons. The topological polar surface area (TPSA) is 78.5 Å². The van der Waals surface area contributed by atoms with Crippen molar-refractivity contribution in [2.24, 2.45) is 0 Å². The van der Waals surface area contributed by atoms with Gasteiger partial charge < -0.3 is 14.5 Å². The van der Waals surface area contributed by atoms with Gasteiger partial charge >= 0.3 is 0 Å². The average molecular weight is 354 g/mol. The van der Waals surface area contributed by atoms with E-state index in [0.717, 1.165) is 28.8 Å². The van der Waals surface area contributed by atoms with E-state index in [4.69, 9.17) is 4.74 Å². The van der Waals surface area contributed by atoms with Crippen molar-refractivity contribution in [3.8, 4) is 0 Å². The number of carbonyl (C=O) groups excluding carboxylic acids is 2. The smallest absolute Gasteiger partial charge is 0.254 e. The number of aryl methyl sites for hydroxylation is 1. The number of hydrogen-bond donors (Lipinski definition) is 1. The summed E-state index contributed by atoms with van der Waals surface area (Å²) >= 11 is 0. The zero-order valence-corrected chi connectivity index (χ0v) is 14.9. The van der Waals surface area contributed by atoms with Gasteiger partial charge in [0.05, 0.1) is 12.2 Å². The van der Waals surface area contributed by atoms with Crippen LogP contribution >= 0.6 is 0 Å². The second-order valence-electron chi connectivity index (χ2n) is 6.92. The number of aromatic amines is 1. The highest BCUT2D eigenvalue weighted by Gasteiger charge is 2.42. The molecule has 7 nitrogen and oxygen atoms in total. The van der Waals surface area contributed by atoms with Gasteiger partial charge in [-0.25, -0.2) is 0 Å². The molecule has 0 bridgehead atoms. The lowest BCUT2D eigenvalue weighted by atomic mass is 9.93. The summed E-state index contributed by atoms with van der Waals surface area (Å²) < 4.78 is 5.76. The molecular formula is C19H22N4O3. The van der Waals surface area contributed by atoms with E-state index in [-0.39, 0.29) is 18.4 Å². The van der Waals surface area contributed by atoms with Crippen molar-refractivity contribution in [1.29, 1.82) is 0 Å². The SMILES string of the molecule is Cc1ccccc1[C@@H]1[C@@H](C(=O)N2CCc3[nH]ncc3C2)OCC(=O)N1C. The van der Waals surface area contributed by atoms with Gasteiger partial charge in [0.2, 0.25) is 5.91 Å². The molecule has 0 unspecified atom stereocenters. The number of nitrogens with one attached hydrogen (secondary N) is 1. The Morgan fingerprint density at radius 3 is 2.96 bits per heavy atom. The van der Waals surface area contributed by atoms with E-state index in [1.807, 2.05) is 31.2 Å². The van der Waals surface area contributed by atoms with Crippen LogP contribution in [-0.4, -0.2) is 58.1 Å². The van der Waals surface area contributed by atoms with Crippen LogP contribution in [0.15, 0.2) is 30.5 Å². The van der Waals surface area contributed by atoms with E-state index in [1.54, 1.807) is 23.0 Å². The van der Waals surface area contributed by atoms with Crippen LogP contribution in [-0.2, 0) is 27.3 Å². The molecule has 2 aliphatic heterocycles. The summed E-state index contributed by atoms with van der Waals surface area (Å²) in [6.07, 6.45) is 1.81. The van der Waals surface area contributed by atoms with Crippen LogP contribution in [0, 0.1) is 6.92 Å². The van der Waals surface area contributed by atoms with E-state index in [0.29, 0.717) is 13.1 Å². The maximum Gasteiger partial charge on any atom is 0.254 e. The number of carbonyl (C=O) groups is 2. The minimum Gasteiger partial charge on any atom is -0.356 e. The molecule has 2 atom stereocenters. The van der Waals surface area contributed by atoms with Gasteiger partial charge in [-0.1, -0.05) is 24.3 Å². The van der Waals surface area contributed by atoms with Crippen LogP contribution in [0.2, 0.25) is 0 Å². The van der Waals surface area contributed by atoms with Crippen molar-refractivity contribution in [2.75, 3.05) is 20.2 Å². The molecule has 26 heavy (non-hydrogen) atoms. The maximum atomic E-state index is 13.3. The molecule has 7 heteroatoms. The van der Waals surface area contributed by atoms with Crippen molar-refractivity contribution in [3.63, 3.8) is 0 Å². The first kappa shape index (κ1) is 16.8. The molecule has 2 aromatic rings. The Hall–Kier alpha value is -2.67. The maximum absolute atomic E-state index is 13.3. The number of amides is 2. The minimum atomic E-state index is -0.702. The molecule has 2 aliphatic rings. The second kappa shape index (κ2) is 6.57. The number of nitrogens with zero attached hydrogens (tertiary/aromatic N) is 3. The summed E-state index contributed by atoms with van der Waals surface area (Å²) in [5.74, 6) is -0.192. The van der Waals surface area contributed by atoms with Crippen LogP contribution in [0.1, 0.15) is 28.4 Å². The van der Waals surface area contributed by atoms with Gasteiger partial charge in [-0.2, -0.15) is 5.10 Å². The summed E-state index contributed by atoms with van der Waals surface area (Å²) in [6, 6.07) is 7.41. The molecule has 4 rings (SSSR count). The largest absolute Gasteiger partial charge is 0.356 e. The second-order valence-corrected chi connectivity index (χ2v) is 6.92. The molecule has 0 spiro atoms. The summed E-state index contributed by atoms with van der Waals surface area (Å²) in [7, 11) is 1.74. The highest BCUT2D eigenvalue weighted by atomic mass is 16.5. The monoisotopic (exact) mass is 354 g/mol. The molecule has 0 saturated carbocycles. The van der Waals surface area contributed by atoms with Crippen molar-refractivity contribution in [2.45, 2.75) is 32.0 Å². The molecule has 1 aromatic carbocycles. The number of likely N-dealkylation sites (N-methyl/N-ethyl adjacent to an activating group) is 1. The van der Waals surface area contributed by atoms with Gasteiger partial charge in [-0.3, -0.25) is 14.7 Å². The quantitative estimate of drug-likeness (QED) is 0.879. The standard InChI is InChI=1S/C19H22N4O3/c1-12-5-3-4-6-14(12)17-18(26-11-16(24)22(17)2)19(25)23-8-7-15-13(10-23)9-20-21-15/h3-6,9,17-18H,7-8,10-11H2,1-2H3,(H,20,21)/t17-,18+/m1/s1.